The number of hydrogen-bond donors (Lipinski definition) is 2. The van der Waals surface area contributed by atoms with Crippen molar-refractivity contribution in [2.45, 2.75) is 96.1 Å². The molecule has 3 heteroatoms. The molecule has 3 N–H and O–H groups in total. The Kier molecular flexibility index (Phi) is 10.4. The van der Waals surface area contributed by atoms with Crippen LogP contribution in [0, 0.1) is 0 Å². The Morgan fingerprint density at radius 1 is 1.11 bits per heavy atom. The summed E-state index contributed by atoms with van der Waals surface area (Å²) >= 11 is 0. The minimum Gasteiger partial charge on any atom is -0.378 e. The van der Waals surface area contributed by atoms with Crippen molar-refractivity contribution in [2.24, 2.45) is 5.84 Å². The van der Waals surface area contributed by atoms with Gasteiger partial charge in [-0.25, -0.2) is 0 Å². The van der Waals surface area contributed by atoms with Gasteiger partial charge in [0.1, 0.15) is 0 Å². The maximum Gasteiger partial charge on any atom is 0.0575 e. The van der Waals surface area contributed by atoms with Crippen molar-refractivity contribution in [2.75, 3.05) is 6.61 Å². The number of hydrazine groups is 1. The summed E-state index contributed by atoms with van der Waals surface area (Å²) in [5, 5.41) is 0. The molecule has 1 aliphatic heterocycles. The van der Waals surface area contributed by atoms with Crippen molar-refractivity contribution in [3.05, 3.63) is 0 Å². The van der Waals surface area contributed by atoms with Crippen molar-refractivity contribution in [3.8, 4) is 0 Å². The van der Waals surface area contributed by atoms with Crippen LogP contribution in [0.4, 0.5) is 0 Å². The van der Waals surface area contributed by atoms with Gasteiger partial charge in [0.05, 0.1) is 6.10 Å². The summed E-state index contributed by atoms with van der Waals surface area (Å²) in [7, 11) is 0. The van der Waals surface area contributed by atoms with Gasteiger partial charge in [0.2, 0.25) is 0 Å². The maximum atomic E-state index is 5.77. The normalized spacial score (nSPS) is 21.5. The largest absolute Gasteiger partial charge is 0.378 e. The van der Waals surface area contributed by atoms with Crippen LogP contribution in [0.1, 0.15) is 84.0 Å². The first-order valence-corrected chi connectivity index (χ1v) is 8.44. The first kappa shape index (κ1) is 16.9. The molecule has 19 heavy (non-hydrogen) atoms. The highest BCUT2D eigenvalue weighted by atomic mass is 16.5. The minimum atomic E-state index is 0.483. The summed E-state index contributed by atoms with van der Waals surface area (Å²) in [5.41, 5.74) is 2.99. The maximum absolute atomic E-state index is 5.77. The molecule has 0 aromatic heterocycles. The van der Waals surface area contributed by atoms with Crippen molar-refractivity contribution >= 4 is 0 Å². The molecule has 1 rings (SSSR count). The van der Waals surface area contributed by atoms with E-state index in [0.717, 1.165) is 13.0 Å². The van der Waals surface area contributed by atoms with Crippen LogP contribution in [0.25, 0.3) is 0 Å². The molecule has 1 saturated heterocycles. The molecule has 0 bridgehead atoms. The highest BCUT2D eigenvalue weighted by molar-refractivity contribution is 4.70. The van der Waals surface area contributed by atoms with Crippen LogP contribution in [0.15, 0.2) is 0 Å². The van der Waals surface area contributed by atoms with Gasteiger partial charge in [-0.3, -0.25) is 11.3 Å². The molecule has 0 spiro atoms. The third kappa shape index (κ3) is 8.61. The Hall–Kier alpha value is -0.120. The monoisotopic (exact) mass is 270 g/mol. The van der Waals surface area contributed by atoms with E-state index in [-0.39, 0.29) is 0 Å². The van der Waals surface area contributed by atoms with Gasteiger partial charge in [0.25, 0.3) is 0 Å². The minimum absolute atomic E-state index is 0.483. The molecular weight excluding hydrogens is 236 g/mol. The van der Waals surface area contributed by atoms with Crippen molar-refractivity contribution < 1.29 is 4.74 Å². The second kappa shape index (κ2) is 11.7. The van der Waals surface area contributed by atoms with Crippen LogP contribution in [0.5, 0.6) is 0 Å². The first-order valence-electron chi connectivity index (χ1n) is 8.44. The zero-order valence-corrected chi connectivity index (χ0v) is 12.8. The fourth-order valence-corrected chi connectivity index (χ4v) is 2.90. The summed E-state index contributed by atoms with van der Waals surface area (Å²) < 4.78 is 5.77. The molecule has 2 unspecified atom stereocenters. The number of ether oxygens (including phenoxy) is 1. The highest BCUT2D eigenvalue weighted by Crippen LogP contribution is 2.19. The van der Waals surface area contributed by atoms with Gasteiger partial charge in [-0.05, 0) is 38.5 Å². The molecule has 3 nitrogen and oxygen atoms in total. The van der Waals surface area contributed by atoms with Gasteiger partial charge in [-0.2, -0.15) is 0 Å². The molecule has 0 amide bonds. The smallest absolute Gasteiger partial charge is 0.0575 e. The van der Waals surface area contributed by atoms with Crippen LogP contribution in [-0.4, -0.2) is 18.8 Å². The standard InChI is InChI=1S/C16H34N2O/c1-2-3-4-5-6-7-10-15(18-17)12-13-16-11-8-9-14-19-16/h15-16,18H,2-14,17H2,1H3. The summed E-state index contributed by atoms with van der Waals surface area (Å²) in [4.78, 5) is 0. The van der Waals surface area contributed by atoms with Crippen LogP contribution >= 0.6 is 0 Å². The van der Waals surface area contributed by atoms with Crippen LogP contribution < -0.4 is 11.3 Å². The number of unbranched alkanes of at least 4 members (excludes halogenated alkanes) is 5. The van der Waals surface area contributed by atoms with Gasteiger partial charge in [0.15, 0.2) is 0 Å². The predicted octanol–water partition coefficient (Wildman–Crippen LogP) is 3.92. The molecular formula is C16H34N2O. The lowest BCUT2D eigenvalue weighted by Crippen LogP contribution is -2.36. The van der Waals surface area contributed by atoms with E-state index in [4.69, 9.17) is 10.6 Å². The lowest BCUT2D eigenvalue weighted by molar-refractivity contribution is 0.00840. The van der Waals surface area contributed by atoms with Crippen molar-refractivity contribution in [1.29, 1.82) is 0 Å². The van der Waals surface area contributed by atoms with E-state index in [9.17, 15) is 0 Å². The van der Waals surface area contributed by atoms with Gasteiger partial charge < -0.3 is 4.74 Å². The molecule has 0 saturated carbocycles. The summed E-state index contributed by atoms with van der Waals surface area (Å²) in [6.07, 6.45) is 16.0. The Bertz CT molecular complexity index is 193. The van der Waals surface area contributed by atoms with E-state index < -0.39 is 0 Å². The number of nitrogens with one attached hydrogen (secondary N) is 1. The van der Waals surface area contributed by atoms with E-state index >= 15 is 0 Å². The molecule has 2 atom stereocenters. The van der Waals surface area contributed by atoms with E-state index in [1.807, 2.05) is 0 Å². The number of hydrogen-bond acceptors (Lipinski definition) is 3. The van der Waals surface area contributed by atoms with E-state index in [2.05, 4.69) is 12.3 Å². The van der Waals surface area contributed by atoms with Crippen LogP contribution in [0.3, 0.4) is 0 Å². The third-order valence-electron chi connectivity index (χ3n) is 4.25. The summed E-state index contributed by atoms with van der Waals surface area (Å²) in [6, 6.07) is 0.483. The molecule has 114 valence electrons. The predicted molar refractivity (Wildman–Crippen MR) is 81.9 cm³/mol. The quantitative estimate of drug-likeness (QED) is 0.340. The molecule has 1 aliphatic rings. The lowest BCUT2D eigenvalue weighted by Gasteiger charge is -2.24. The topological polar surface area (TPSA) is 47.3 Å². The van der Waals surface area contributed by atoms with Crippen LogP contribution in [-0.2, 0) is 4.74 Å². The van der Waals surface area contributed by atoms with Gasteiger partial charge in [0, 0.05) is 12.6 Å². The Labute approximate surface area is 119 Å². The zero-order valence-electron chi connectivity index (χ0n) is 12.8. The van der Waals surface area contributed by atoms with Gasteiger partial charge >= 0.3 is 0 Å². The lowest BCUT2D eigenvalue weighted by atomic mass is 9.98. The summed E-state index contributed by atoms with van der Waals surface area (Å²) in [6.45, 7) is 3.23. The Balaban J connectivity index is 1.98. The second-order valence-electron chi connectivity index (χ2n) is 5.99. The van der Waals surface area contributed by atoms with Crippen LogP contribution in [0.2, 0.25) is 0 Å². The highest BCUT2D eigenvalue weighted by Gasteiger charge is 2.15. The number of rotatable bonds is 11. The fraction of sp³-hybridized carbons (Fsp3) is 1.00. The number of nitrogens with two attached hydrogens (primary N) is 1. The average molecular weight is 270 g/mol. The Morgan fingerprint density at radius 2 is 1.89 bits per heavy atom. The van der Waals surface area contributed by atoms with Crippen molar-refractivity contribution in [3.63, 3.8) is 0 Å². The van der Waals surface area contributed by atoms with Crippen molar-refractivity contribution in [1.82, 2.24) is 5.43 Å². The molecule has 0 aromatic rings. The van der Waals surface area contributed by atoms with E-state index in [1.54, 1.807) is 0 Å². The van der Waals surface area contributed by atoms with Gasteiger partial charge in [-0.15, -0.1) is 0 Å². The molecule has 1 fully saturated rings. The zero-order chi connectivity index (χ0) is 13.8. The van der Waals surface area contributed by atoms with E-state index in [0.29, 0.717) is 12.1 Å². The molecule has 0 radical (unpaired) electrons. The average Bonchev–Trinajstić information content (AvgIpc) is 2.47. The Morgan fingerprint density at radius 3 is 2.58 bits per heavy atom. The molecule has 0 aromatic carbocycles. The molecule has 0 aliphatic carbocycles. The SMILES string of the molecule is CCCCCCCCC(CCC1CCCCO1)NN. The van der Waals surface area contributed by atoms with Gasteiger partial charge in [-0.1, -0.05) is 45.4 Å². The summed E-state index contributed by atoms with van der Waals surface area (Å²) in [5.74, 6) is 5.66. The first-order chi connectivity index (χ1) is 9.36. The second-order valence-corrected chi connectivity index (χ2v) is 5.99. The fourth-order valence-electron chi connectivity index (χ4n) is 2.90. The third-order valence-corrected chi connectivity index (χ3v) is 4.25. The van der Waals surface area contributed by atoms with E-state index in [1.165, 1.54) is 70.6 Å². The molecule has 1 heterocycles.